The summed E-state index contributed by atoms with van der Waals surface area (Å²) in [5, 5.41) is 3.47. The number of rotatable bonds is 5. The zero-order valence-electron chi connectivity index (χ0n) is 10.9. The smallest absolute Gasteiger partial charge is 0.0372 e. The Kier molecular flexibility index (Phi) is 4.36. The Morgan fingerprint density at radius 3 is 2.56 bits per heavy atom. The van der Waals surface area contributed by atoms with Crippen molar-refractivity contribution in [3.05, 3.63) is 29.3 Å². The van der Waals surface area contributed by atoms with Gasteiger partial charge in [0.2, 0.25) is 0 Å². The van der Waals surface area contributed by atoms with Crippen molar-refractivity contribution in [2.75, 3.05) is 11.9 Å². The maximum absolute atomic E-state index is 5.94. The maximum Gasteiger partial charge on any atom is 0.0372 e. The first kappa shape index (κ1) is 13.0. The van der Waals surface area contributed by atoms with Crippen molar-refractivity contribution < 1.29 is 0 Å². The van der Waals surface area contributed by atoms with Crippen LogP contribution in [0.15, 0.2) is 18.2 Å². The molecule has 0 aromatic heterocycles. The van der Waals surface area contributed by atoms with E-state index >= 15 is 0 Å². The SMILES string of the molecule is Cc1cccc(NCCCC(C)(C)N)c1C. The molecule has 1 aromatic rings. The molecular weight excluding hydrogens is 196 g/mol. The van der Waals surface area contributed by atoms with Crippen molar-refractivity contribution in [3.8, 4) is 0 Å². The highest BCUT2D eigenvalue weighted by molar-refractivity contribution is 5.53. The monoisotopic (exact) mass is 220 g/mol. The van der Waals surface area contributed by atoms with Crippen LogP contribution in [0.2, 0.25) is 0 Å². The highest BCUT2D eigenvalue weighted by Gasteiger charge is 2.09. The van der Waals surface area contributed by atoms with E-state index in [0.29, 0.717) is 0 Å². The summed E-state index contributed by atoms with van der Waals surface area (Å²) in [6, 6.07) is 6.37. The van der Waals surface area contributed by atoms with Crippen LogP contribution in [0.5, 0.6) is 0 Å². The first-order valence-electron chi connectivity index (χ1n) is 5.99. The highest BCUT2D eigenvalue weighted by atomic mass is 14.9. The van der Waals surface area contributed by atoms with Gasteiger partial charge in [-0.25, -0.2) is 0 Å². The molecule has 16 heavy (non-hydrogen) atoms. The molecule has 2 heteroatoms. The third kappa shape index (κ3) is 4.23. The van der Waals surface area contributed by atoms with Crippen molar-refractivity contribution in [1.29, 1.82) is 0 Å². The first-order chi connectivity index (χ1) is 7.40. The Labute approximate surface area is 99.2 Å². The Morgan fingerprint density at radius 2 is 1.94 bits per heavy atom. The van der Waals surface area contributed by atoms with Crippen LogP contribution in [0, 0.1) is 13.8 Å². The van der Waals surface area contributed by atoms with Gasteiger partial charge in [-0.15, -0.1) is 0 Å². The Bertz CT molecular complexity index is 337. The van der Waals surface area contributed by atoms with Crippen LogP contribution < -0.4 is 11.1 Å². The van der Waals surface area contributed by atoms with Gasteiger partial charge in [0.25, 0.3) is 0 Å². The van der Waals surface area contributed by atoms with Gasteiger partial charge >= 0.3 is 0 Å². The second-order valence-corrected chi connectivity index (χ2v) is 5.27. The number of hydrogen-bond acceptors (Lipinski definition) is 2. The van der Waals surface area contributed by atoms with Crippen LogP contribution in [0.4, 0.5) is 5.69 Å². The topological polar surface area (TPSA) is 38.0 Å². The van der Waals surface area contributed by atoms with Gasteiger partial charge in [-0.3, -0.25) is 0 Å². The second kappa shape index (κ2) is 5.35. The molecule has 0 aliphatic carbocycles. The molecule has 2 nitrogen and oxygen atoms in total. The average Bonchev–Trinajstić information content (AvgIpc) is 2.17. The number of anilines is 1. The molecule has 0 saturated heterocycles. The molecule has 0 aliphatic rings. The lowest BCUT2D eigenvalue weighted by molar-refractivity contribution is 0.465. The van der Waals surface area contributed by atoms with Crippen LogP contribution in [0.25, 0.3) is 0 Å². The van der Waals surface area contributed by atoms with Gasteiger partial charge < -0.3 is 11.1 Å². The minimum absolute atomic E-state index is 0.0523. The molecule has 0 saturated carbocycles. The van der Waals surface area contributed by atoms with Crippen molar-refractivity contribution in [2.24, 2.45) is 5.73 Å². The Hall–Kier alpha value is -1.02. The summed E-state index contributed by atoms with van der Waals surface area (Å²) in [4.78, 5) is 0. The molecule has 0 bridgehead atoms. The quantitative estimate of drug-likeness (QED) is 0.748. The third-order valence-corrected chi connectivity index (χ3v) is 2.92. The molecule has 0 radical (unpaired) electrons. The van der Waals surface area contributed by atoms with Gasteiger partial charge in [-0.2, -0.15) is 0 Å². The Balaban J connectivity index is 2.41. The van der Waals surface area contributed by atoms with E-state index in [1.54, 1.807) is 0 Å². The summed E-state index contributed by atoms with van der Waals surface area (Å²) in [7, 11) is 0. The summed E-state index contributed by atoms with van der Waals surface area (Å²) < 4.78 is 0. The fourth-order valence-electron chi connectivity index (χ4n) is 1.71. The number of nitrogens with two attached hydrogens (primary N) is 1. The predicted octanol–water partition coefficient (Wildman–Crippen LogP) is 3.23. The number of hydrogen-bond donors (Lipinski definition) is 2. The molecule has 0 heterocycles. The van der Waals surface area contributed by atoms with Crippen LogP contribution in [0.3, 0.4) is 0 Å². The van der Waals surface area contributed by atoms with E-state index in [2.05, 4.69) is 51.2 Å². The van der Waals surface area contributed by atoms with E-state index in [4.69, 9.17) is 5.73 Å². The van der Waals surface area contributed by atoms with Crippen molar-refractivity contribution >= 4 is 5.69 Å². The van der Waals surface area contributed by atoms with Crippen LogP contribution in [-0.4, -0.2) is 12.1 Å². The minimum Gasteiger partial charge on any atom is -0.385 e. The molecule has 0 aliphatic heterocycles. The van der Waals surface area contributed by atoms with E-state index in [1.807, 2.05) is 0 Å². The maximum atomic E-state index is 5.94. The van der Waals surface area contributed by atoms with E-state index in [-0.39, 0.29) is 5.54 Å². The summed E-state index contributed by atoms with van der Waals surface area (Å²) in [5.74, 6) is 0. The second-order valence-electron chi connectivity index (χ2n) is 5.27. The summed E-state index contributed by atoms with van der Waals surface area (Å²) >= 11 is 0. The average molecular weight is 220 g/mol. The number of nitrogens with one attached hydrogen (secondary N) is 1. The van der Waals surface area contributed by atoms with E-state index < -0.39 is 0 Å². The van der Waals surface area contributed by atoms with Crippen LogP contribution in [0.1, 0.15) is 37.8 Å². The largest absolute Gasteiger partial charge is 0.385 e. The fraction of sp³-hybridized carbons (Fsp3) is 0.571. The standard InChI is InChI=1S/C14H24N2/c1-11-7-5-8-13(12(11)2)16-10-6-9-14(3,4)15/h5,7-8,16H,6,9-10,15H2,1-4H3. The van der Waals surface area contributed by atoms with Crippen LogP contribution >= 0.6 is 0 Å². The van der Waals surface area contributed by atoms with Crippen LogP contribution in [-0.2, 0) is 0 Å². The normalized spacial score (nSPS) is 11.6. The molecular formula is C14H24N2. The van der Waals surface area contributed by atoms with Gasteiger partial charge in [0, 0.05) is 17.8 Å². The fourth-order valence-corrected chi connectivity index (χ4v) is 1.71. The van der Waals surface area contributed by atoms with Gasteiger partial charge in [0.1, 0.15) is 0 Å². The molecule has 90 valence electrons. The predicted molar refractivity (Wildman–Crippen MR) is 71.9 cm³/mol. The van der Waals surface area contributed by atoms with Gasteiger partial charge in [0.15, 0.2) is 0 Å². The number of aryl methyl sites for hydroxylation is 1. The highest BCUT2D eigenvalue weighted by Crippen LogP contribution is 2.18. The molecule has 0 unspecified atom stereocenters. The van der Waals surface area contributed by atoms with Gasteiger partial charge in [-0.05, 0) is 57.7 Å². The lowest BCUT2D eigenvalue weighted by Crippen LogP contribution is -2.32. The van der Waals surface area contributed by atoms with E-state index in [1.165, 1.54) is 16.8 Å². The summed E-state index contributed by atoms with van der Waals surface area (Å²) in [6.45, 7) is 9.44. The molecule has 1 aromatic carbocycles. The summed E-state index contributed by atoms with van der Waals surface area (Å²) in [6.07, 6.45) is 2.15. The van der Waals surface area contributed by atoms with Crippen molar-refractivity contribution in [2.45, 2.75) is 46.1 Å². The van der Waals surface area contributed by atoms with Crippen molar-refractivity contribution in [1.82, 2.24) is 0 Å². The van der Waals surface area contributed by atoms with E-state index in [0.717, 1.165) is 19.4 Å². The lowest BCUT2D eigenvalue weighted by Gasteiger charge is -2.18. The molecule has 0 amide bonds. The molecule has 0 spiro atoms. The minimum atomic E-state index is -0.0523. The van der Waals surface area contributed by atoms with Crippen molar-refractivity contribution in [3.63, 3.8) is 0 Å². The first-order valence-corrected chi connectivity index (χ1v) is 5.99. The zero-order chi connectivity index (χ0) is 12.2. The molecule has 3 N–H and O–H groups in total. The number of benzene rings is 1. The lowest BCUT2D eigenvalue weighted by atomic mass is 10.00. The summed E-state index contributed by atoms with van der Waals surface area (Å²) in [5.41, 5.74) is 9.81. The third-order valence-electron chi connectivity index (χ3n) is 2.92. The van der Waals surface area contributed by atoms with Gasteiger partial charge in [-0.1, -0.05) is 12.1 Å². The van der Waals surface area contributed by atoms with Gasteiger partial charge in [0.05, 0.1) is 0 Å². The molecule has 0 fully saturated rings. The Morgan fingerprint density at radius 1 is 1.25 bits per heavy atom. The molecule has 1 rings (SSSR count). The van der Waals surface area contributed by atoms with E-state index in [9.17, 15) is 0 Å². The molecule has 0 atom stereocenters. The zero-order valence-corrected chi connectivity index (χ0v) is 10.9.